The van der Waals surface area contributed by atoms with Crippen LogP contribution in [-0.2, 0) is 6.54 Å². The first kappa shape index (κ1) is 20.0. The van der Waals surface area contributed by atoms with Crippen molar-refractivity contribution in [3.05, 3.63) is 53.6 Å². The summed E-state index contributed by atoms with van der Waals surface area (Å²) in [6, 6.07) is 13.6. The second kappa shape index (κ2) is 9.46. The van der Waals surface area contributed by atoms with Gasteiger partial charge in [-0.2, -0.15) is 0 Å². The van der Waals surface area contributed by atoms with Crippen LogP contribution in [0.15, 0.2) is 42.5 Å². The molecule has 1 N–H and O–H groups in total. The Hall–Kier alpha value is -2.73. The lowest BCUT2D eigenvalue weighted by atomic mass is 10.1. The average molecular weight is 385 g/mol. The first-order valence-corrected chi connectivity index (χ1v) is 9.71. The van der Waals surface area contributed by atoms with Crippen molar-refractivity contribution in [1.29, 1.82) is 0 Å². The number of benzene rings is 2. The van der Waals surface area contributed by atoms with Gasteiger partial charge in [-0.3, -0.25) is 4.79 Å². The van der Waals surface area contributed by atoms with Crippen LogP contribution in [0.2, 0.25) is 0 Å². The molecule has 150 valence electrons. The van der Waals surface area contributed by atoms with Crippen molar-refractivity contribution in [1.82, 2.24) is 4.90 Å². The summed E-state index contributed by atoms with van der Waals surface area (Å²) < 4.78 is 16.1. The third-order valence-corrected chi connectivity index (χ3v) is 5.08. The molecule has 1 saturated heterocycles. The van der Waals surface area contributed by atoms with E-state index in [9.17, 15) is 4.79 Å². The molecule has 1 fully saturated rings. The summed E-state index contributed by atoms with van der Waals surface area (Å²) in [6.07, 6.45) is 0. The fraction of sp³-hybridized carbons (Fsp3) is 0.409. The summed E-state index contributed by atoms with van der Waals surface area (Å²) >= 11 is 0. The minimum Gasteiger partial charge on any atom is -0.494 e. The van der Waals surface area contributed by atoms with E-state index in [0.717, 1.165) is 38.5 Å². The van der Waals surface area contributed by atoms with Crippen LogP contribution in [0, 0.1) is 0 Å². The van der Waals surface area contributed by atoms with Gasteiger partial charge in [-0.1, -0.05) is 0 Å². The third kappa shape index (κ3) is 4.75. The minimum absolute atomic E-state index is 0.0427. The number of carbonyl (C=O) groups is 1. The molecule has 0 aromatic heterocycles. The molecule has 0 saturated carbocycles. The Kier molecular flexibility index (Phi) is 6.76. The summed E-state index contributed by atoms with van der Waals surface area (Å²) in [5.74, 6) is 2.16. The molecule has 0 unspecified atom stereocenters. The SMILES string of the molecule is CCOc1ccc(C[NH+]2CCN(C(=O)c3ccc(OC)c(OC)c3)CC2)cc1. The standard InChI is InChI=1S/C22H28N2O4/c1-4-28-19-8-5-17(6-9-19)16-23-11-13-24(14-12-23)22(25)18-7-10-20(26-2)21(15-18)27-3/h5-10,15H,4,11-14,16H2,1-3H3/p+1. The van der Waals surface area contributed by atoms with E-state index >= 15 is 0 Å². The summed E-state index contributed by atoms with van der Waals surface area (Å²) in [7, 11) is 3.17. The van der Waals surface area contributed by atoms with Crippen LogP contribution in [0.5, 0.6) is 17.2 Å². The van der Waals surface area contributed by atoms with Gasteiger partial charge < -0.3 is 24.0 Å². The highest BCUT2D eigenvalue weighted by Gasteiger charge is 2.25. The summed E-state index contributed by atoms with van der Waals surface area (Å²) in [6.45, 7) is 7.00. The van der Waals surface area contributed by atoms with Gasteiger partial charge in [0.15, 0.2) is 11.5 Å². The van der Waals surface area contributed by atoms with E-state index in [2.05, 4.69) is 12.1 Å². The van der Waals surface area contributed by atoms with E-state index in [1.807, 2.05) is 24.0 Å². The molecule has 0 spiro atoms. The number of nitrogens with one attached hydrogen (secondary N) is 1. The van der Waals surface area contributed by atoms with Crippen molar-refractivity contribution < 1.29 is 23.9 Å². The first-order valence-electron chi connectivity index (χ1n) is 9.71. The van der Waals surface area contributed by atoms with Gasteiger partial charge in [0.1, 0.15) is 12.3 Å². The second-order valence-corrected chi connectivity index (χ2v) is 6.87. The Bertz CT molecular complexity index is 784. The minimum atomic E-state index is 0.0427. The maximum atomic E-state index is 12.8. The van der Waals surface area contributed by atoms with Gasteiger partial charge in [0.25, 0.3) is 5.91 Å². The van der Waals surface area contributed by atoms with Crippen LogP contribution < -0.4 is 19.1 Å². The van der Waals surface area contributed by atoms with E-state index < -0.39 is 0 Å². The second-order valence-electron chi connectivity index (χ2n) is 6.87. The molecule has 2 aromatic carbocycles. The highest BCUT2D eigenvalue weighted by atomic mass is 16.5. The van der Waals surface area contributed by atoms with E-state index in [1.54, 1.807) is 32.4 Å². The van der Waals surface area contributed by atoms with E-state index in [4.69, 9.17) is 14.2 Å². The topological polar surface area (TPSA) is 52.4 Å². The third-order valence-electron chi connectivity index (χ3n) is 5.08. The Morgan fingerprint density at radius 1 is 1.00 bits per heavy atom. The van der Waals surface area contributed by atoms with Crippen LogP contribution in [-0.4, -0.2) is 57.8 Å². The first-order chi connectivity index (χ1) is 13.6. The maximum absolute atomic E-state index is 12.8. The zero-order valence-corrected chi connectivity index (χ0v) is 16.9. The van der Waals surface area contributed by atoms with Crippen molar-refractivity contribution in [3.63, 3.8) is 0 Å². The molecule has 0 aliphatic carbocycles. The summed E-state index contributed by atoms with van der Waals surface area (Å²) in [5, 5.41) is 0. The van der Waals surface area contributed by atoms with Crippen LogP contribution in [0.3, 0.4) is 0 Å². The molecule has 6 nitrogen and oxygen atoms in total. The highest BCUT2D eigenvalue weighted by Crippen LogP contribution is 2.28. The molecule has 1 aliphatic heterocycles. The monoisotopic (exact) mass is 385 g/mol. The molecule has 0 radical (unpaired) electrons. The number of ether oxygens (including phenoxy) is 3. The van der Waals surface area contributed by atoms with Gasteiger partial charge in [0.05, 0.1) is 47.0 Å². The molecule has 3 rings (SSSR count). The molecule has 1 heterocycles. The molecule has 28 heavy (non-hydrogen) atoms. The molecule has 6 heteroatoms. The quantitative estimate of drug-likeness (QED) is 0.787. The van der Waals surface area contributed by atoms with Crippen molar-refractivity contribution in [3.8, 4) is 17.2 Å². The van der Waals surface area contributed by atoms with E-state index in [1.165, 1.54) is 10.5 Å². The van der Waals surface area contributed by atoms with Crippen LogP contribution in [0.25, 0.3) is 0 Å². The summed E-state index contributed by atoms with van der Waals surface area (Å²) in [4.78, 5) is 16.2. The average Bonchev–Trinajstić information content (AvgIpc) is 2.75. The highest BCUT2D eigenvalue weighted by molar-refractivity contribution is 5.95. The van der Waals surface area contributed by atoms with Gasteiger partial charge in [-0.15, -0.1) is 0 Å². The smallest absolute Gasteiger partial charge is 0.254 e. The van der Waals surface area contributed by atoms with Crippen LogP contribution >= 0.6 is 0 Å². The number of methoxy groups -OCH3 is 2. The summed E-state index contributed by atoms with van der Waals surface area (Å²) in [5.41, 5.74) is 1.92. The Balaban J connectivity index is 1.55. The molecular formula is C22H29N2O4+. The predicted octanol–water partition coefficient (Wildman–Crippen LogP) is 1.64. The Labute approximate surface area is 166 Å². The fourth-order valence-corrected chi connectivity index (χ4v) is 3.51. The van der Waals surface area contributed by atoms with Gasteiger partial charge >= 0.3 is 0 Å². The number of quaternary nitrogens is 1. The van der Waals surface area contributed by atoms with Gasteiger partial charge in [-0.05, 0) is 49.4 Å². The fourth-order valence-electron chi connectivity index (χ4n) is 3.51. The van der Waals surface area contributed by atoms with Crippen molar-refractivity contribution >= 4 is 5.91 Å². The lowest BCUT2D eigenvalue weighted by molar-refractivity contribution is -0.917. The molecular weight excluding hydrogens is 356 g/mol. The van der Waals surface area contributed by atoms with Crippen LogP contribution in [0.4, 0.5) is 0 Å². The molecule has 2 aromatic rings. The zero-order valence-electron chi connectivity index (χ0n) is 16.9. The number of piperazine rings is 1. The van der Waals surface area contributed by atoms with Gasteiger partial charge in [0, 0.05) is 11.1 Å². The van der Waals surface area contributed by atoms with Crippen molar-refractivity contribution in [2.75, 3.05) is 47.0 Å². The number of nitrogens with zero attached hydrogens (tertiary/aromatic N) is 1. The van der Waals surface area contributed by atoms with E-state index in [-0.39, 0.29) is 5.91 Å². The largest absolute Gasteiger partial charge is 0.494 e. The lowest BCUT2D eigenvalue weighted by Gasteiger charge is -2.32. The van der Waals surface area contributed by atoms with E-state index in [0.29, 0.717) is 23.7 Å². The zero-order chi connectivity index (χ0) is 19.9. The number of amides is 1. The van der Waals surface area contributed by atoms with Gasteiger partial charge in [-0.25, -0.2) is 0 Å². The normalized spacial score (nSPS) is 14.6. The molecule has 1 aliphatic rings. The molecule has 0 bridgehead atoms. The number of hydrogen-bond donors (Lipinski definition) is 1. The molecule has 1 amide bonds. The number of rotatable bonds is 7. The van der Waals surface area contributed by atoms with Crippen LogP contribution in [0.1, 0.15) is 22.8 Å². The number of hydrogen-bond acceptors (Lipinski definition) is 4. The van der Waals surface area contributed by atoms with Crippen molar-refractivity contribution in [2.45, 2.75) is 13.5 Å². The van der Waals surface area contributed by atoms with Gasteiger partial charge in [0.2, 0.25) is 0 Å². The lowest BCUT2D eigenvalue weighted by Crippen LogP contribution is -3.13. The Morgan fingerprint density at radius 3 is 2.29 bits per heavy atom. The molecule has 0 atom stereocenters. The number of carbonyl (C=O) groups excluding carboxylic acids is 1. The predicted molar refractivity (Wildman–Crippen MR) is 107 cm³/mol. The van der Waals surface area contributed by atoms with Crippen molar-refractivity contribution in [2.24, 2.45) is 0 Å². The Morgan fingerprint density at radius 2 is 1.68 bits per heavy atom. The maximum Gasteiger partial charge on any atom is 0.254 e.